The van der Waals surface area contributed by atoms with Gasteiger partial charge in [-0.15, -0.1) is 10.2 Å². The topological polar surface area (TPSA) is 92.1 Å². The number of nitriles is 1. The molecule has 0 aliphatic carbocycles. The summed E-state index contributed by atoms with van der Waals surface area (Å²) in [5.41, 5.74) is 2.69. The van der Waals surface area contributed by atoms with Crippen LogP contribution in [0, 0.1) is 18.3 Å². The van der Waals surface area contributed by atoms with Crippen molar-refractivity contribution >= 4 is 23.1 Å². The van der Waals surface area contributed by atoms with Crippen molar-refractivity contribution in [3.05, 3.63) is 59.4 Å². The smallest absolute Gasteiger partial charge is 0.360 e. The van der Waals surface area contributed by atoms with Gasteiger partial charge in [0, 0.05) is 6.20 Å². The van der Waals surface area contributed by atoms with E-state index >= 15 is 0 Å². The van der Waals surface area contributed by atoms with Gasteiger partial charge in [-0.25, -0.2) is 9.78 Å². The van der Waals surface area contributed by atoms with Crippen molar-refractivity contribution in [1.82, 2.24) is 9.38 Å². The summed E-state index contributed by atoms with van der Waals surface area (Å²) in [5.74, 6) is -0.264. The first kappa shape index (κ1) is 16.3. The maximum absolute atomic E-state index is 12.2. The van der Waals surface area contributed by atoms with E-state index in [1.807, 2.05) is 25.1 Å². The zero-order chi connectivity index (χ0) is 17.8. The maximum atomic E-state index is 12.2. The molecule has 7 nitrogen and oxygen atoms in total. The quantitative estimate of drug-likeness (QED) is 0.530. The van der Waals surface area contributed by atoms with E-state index in [1.54, 1.807) is 41.8 Å². The third-order valence-electron chi connectivity index (χ3n) is 3.46. The lowest BCUT2D eigenvalue weighted by Gasteiger charge is -2.00. The van der Waals surface area contributed by atoms with Crippen molar-refractivity contribution in [3.63, 3.8) is 0 Å². The van der Waals surface area contributed by atoms with Crippen molar-refractivity contribution < 1.29 is 9.53 Å². The van der Waals surface area contributed by atoms with Crippen LogP contribution in [-0.4, -0.2) is 22.0 Å². The predicted octanol–water partition coefficient (Wildman–Crippen LogP) is 4.11. The molecular weight excluding hydrogens is 318 g/mol. The summed E-state index contributed by atoms with van der Waals surface area (Å²) in [6.07, 6.45) is 1.78. The molecule has 0 radical (unpaired) electrons. The molecule has 3 rings (SSSR count). The van der Waals surface area contributed by atoms with Crippen LogP contribution in [0.25, 0.3) is 5.65 Å². The molecule has 3 aromatic rings. The normalized spacial score (nSPS) is 10.9. The van der Waals surface area contributed by atoms with Gasteiger partial charge in [-0.05, 0) is 49.7 Å². The number of nitrogens with zero attached hydrogens (tertiary/aromatic N) is 5. The van der Waals surface area contributed by atoms with E-state index in [1.165, 1.54) is 0 Å². The van der Waals surface area contributed by atoms with E-state index in [0.29, 0.717) is 16.9 Å². The highest BCUT2D eigenvalue weighted by Crippen LogP contribution is 2.25. The number of carbonyl (C=O) groups excluding carboxylic acids is 1. The minimum Gasteiger partial charge on any atom is -0.461 e. The van der Waals surface area contributed by atoms with Crippen molar-refractivity contribution in [2.75, 3.05) is 6.61 Å². The molecule has 0 bridgehead atoms. The highest BCUT2D eigenvalue weighted by Gasteiger charge is 2.20. The molecule has 0 atom stereocenters. The molecule has 2 aromatic heterocycles. The number of hydrogen-bond donors (Lipinski definition) is 0. The van der Waals surface area contributed by atoms with Gasteiger partial charge in [0.2, 0.25) is 0 Å². The Bertz CT molecular complexity index is 1010. The summed E-state index contributed by atoms with van der Waals surface area (Å²) in [7, 11) is 0. The molecular formula is C18H15N5O2. The average Bonchev–Trinajstić information content (AvgIpc) is 2.98. The van der Waals surface area contributed by atoms with Crippen LogP contribution < -0.4 is 0 Å². The molecule has 25 heavy (non-hydrogen) atoms. The van der Waals surface area contributed by atoms with Gasteiger partial charge in [-0.1, -0.05) is 6.07 Å². The van der Waals surface area contributed by atoms with Crippen LogP contribution in [0.1, 0.15) is 28.5 Å². The second-order valence-corrected chi connectivity index (χ2v) is 5.30. The molecule has 0 N–H and O–H groups in total. The van der Waals surface area contributed by atoms with Gasteiger partial charge in [-0.3, -0.25) is 4.40 Å². The van der Waals surface area contributed by atoms with Gasteiger partial charge in [-0.2, -0.15) is 5.26 Å². The van der Waals surface area contributed by atoms with E-state index in [2.05, 4.69) is 15.2 Å². The van der Waals surface area contributed by atoms with Crippen molar-refractivity contribution in [2.45, 2.75) is 13.8 Å². The van der Waals surface area contributed by atoms with Gasteiger partial charge in [0.25, 0.3) is 0 Å². The highest BCUT2D eigenvalue weighted by atomic mass is 16.5. The highest BCUT2D eigenvalue weighted by molar-refractivity contribution is 5.93. The molecule has 0 fully saturated rings. The van der Waals surface area contributed by atoms with Crippen LogP contribution in [0.4, 0.5) is 11.5 Å². The number of aromatic nitrogens is 2. The Kier molecular flexibility index (Phi) is 4.53. The molecule has 0 aliphatic rings. The first-order valence-corrected chi connectivity index (χ1v) is 7.70. The summed E-state index contributed by atoms with van der Waals surface area (Å²) in [6.45, 7) is 3.91. The third-order valence-corrected chi connectivity index (χ3v) is 3.46. The molecule has 0 saturated carbocycles. The van der Waals surface area contributed by atoms with Crippen LogP contribution in [0.15, 0.2) is 52.8 Å². The first-order valence-electron chi connectivity index (χ1n) is 7.70. The van der Waals surface area contributed by atoms with Gasteiger partial charge < -0.3 is 4.74 Å². The minimum absolute atomic E-state index is 0.104. The second kappa shape index (κ2) is 6.93. The predicted molar refractivity (Wildman–Crippen MR) is 91.2 cm³/mol. The van der Waals surface area contributed by atoms with Crippen LogP contribution in [-0.2, 0) is 4.74 Å². The number of carbonyl (C=O) groups is 1. The Morgan fingerprint density at radius 3 is 2.92 bits per heavy atom. The van der Waals surface area contributed by atoms with Crippen molar-refractivity contribution in [3.8, 4) is 6.07 Å². The number of aryl methyl sites for hydroxylation is 1. The van der Waals surface area contributed by atoms with Gasteiger partial charge >= 0.3 is 5.97 Å². The molecule has 7 heteroatoms. The lowest BCUT2D eigenvalue weighted by Crippen LogP contribution is -2.05. The first-order chi connectivity index (χ1) is 12.1. The number of rotatable bonds is 4. The van der Waals surface area contributed by atoms with Crippen LogP contribution in [0.2, 0.25) is 0 Å². The van der Waals surface area contributed by atoms with Crippen molar-refractivity contribution in [1.29, 1.82) is 5.26 Å². The summed E-state index contributed by atoms with van der Waals surface area (Å²) in [4.78, 5) is 16.5. The molecule has 0 saturated heterocycles. The van der Waals surface area contributed by atoms with E-state index in [4.69, 9.17) is 10.00 Å². The largest absolute Gasteiger partial charge is 0.461 e. The Labute approximate surface area is 144 Å². The number of hydrogen-bond acceptors (Lipinski definition) is 6. The lowest BCUT2D eigenvalue weighted by atomic mass is 10.2. The molecule has 0 unspecified atom stereocenters. The fourth-order valence-electron chi connectivity index (χ4n) is 2.31. The lowest BCUT2D eigenvalue weighted by molar-refractivity contribution is 0.0521. The maximum Gasteiger partial charge on any atom is 0.360 e. The fraction of sp³-hybridized carbons (Fsp3) is 0.167. The van der Waals surface area contributed by atoms with E-state index in [9.17, 15) is 4.79 Å². The Balaban J connectivity index is 2.09. The number of fused-ring (bicyclic) bond motifs is 1. The zero-order valence-electron chi connectivity index (χ0n) is 13.8. The van der Waals surface area contributed by atoms with Gasteiger partial charge in [0.1, 0.15) is 5.65 Å². The van der Waals surface area contributed by atoms with Gasteiger partial charge in [0.05, 0.1) is 23.9 Å². The molecule has 0 amide bonds. The Morgan fingerprint density at radius 2 is 2.16 bits per heavy atom. The number of esters is 1. The molecule has 0 aliphatic heterocycles. The Hall–Kier alpha value is -3.53. The van der Waals surface area contributed by atoms with Crippen LogP contribution in [0.5, 0.6) is 0 Å². The van der Waals surface area contributed by atoms with Crippen LogP contribution in [0.3, 0.4) is 0 Å². The number of azo groups is 1. The summed E-state index contributed by atoms with van der Waals surface area (Å²) in [5, 5.41) is 17.3. The number of benzene rings is 1. The third kappa shape index (κ3) is 3.38. The SMILES string of the molecule is CCOC(=O)c1nc2cc(C)ccn2c1N=Nc1cccc(C#N)c1. The zero-order valence-corrected chi connectivity index (χ0v) is 13.8. The standard InChI is InChI=1S/C18H15N5O2/c1-3-25-18(24)16-17(23-8-7-12(2)9-15(23)20-16)22-21-14-6-4-5-13(10-14)11-19/h4-10H,3H2,1-2H3. The number of ether oxygens (including phenoxy) is 1. The van der Waals surface area contributed by atoms with Gasteiger partial charge in [0.15, 0.2) is 11.5 Å². The van der Waals surface area contributed by atoms with E-state index in [-0.39, 0.29) is 18.1 Å². The number of imidazole rings is 1. The average molecular weight is 333 g/mol. The van der Waals surface area contributed by atoms with Crippen LogP contribution >= 0.6 is 0 Å². The van der Waals surface area contributed by atoms with Crippen molar-refractivity contribution in [2.24, 2.45) is 10.2 Å². The fourth-order valence-corrected chi connectivity index (χ4v) is 2.31. The molecule has 1 aromatic carbocycles. The molecule has 0 spiro atoms. The second-order valence-electron chi connectivity index (χ2n) is 5.30. The van der Waals surface area contributed by atoms with E-state index < -0.39 is 5.97 Å². The molecule has 2 heterocycles. The minimum atomic E-state index is -0.552. The monoisotopic (exact) mass is 333 g/mol. The molecule has 124 valence electrons. The summed E-state index contributed by atoms with van der Waals surface area (Å²) < 4.78 is 6.73. The Morgan fingerprint density at radius 1 is 1.32 bits per heavy atom. The van der Waals surface area contributed by atoms with E-state index in [0.717, 1.165) is 5.56 Å². The summed E-state index contributed by atoms with van der Waals surface area (Å²) in [6, 6.07) is 12.5. The summed E-state index contributed by atoms with van der Waals surface area (Å²) >= 11 is 0. The number of pyridine rings is 1.